The van der Waals surface area contributed by atoms with Gasteiger partial charge >= 0.3 is 0 Å². The Bertz CT molecular complexity index is 422. The van der Waals surface area contributed by atoms with Crippen molar-refractivity contribution in [2.75, 3.05) is 6.26 Å². The van der Waals surface area contributed by atoms with E-state index in [1.807, 2.05) is 13.0 Å². The zero-order valence-corrected chi connectivity index (χ0v) is 11.0. The van der Waals surface area contributed by atoms with Gasteiger partial charge in [0, 0.05) is 6.20 Å². The highest BCUT2D eigenvalue weighted by Crippen LogP contribution is 2.18. The fourth-order valence-electron chi connectivity index (χ4n) is 1.18. The maximum absolute atomic E-state index is 10.4. The molecule has 0 saturated heterocycles. The number of hydrogen-bond donors (Lipinski definition) is 1. The number of thioether (sulfide) groups is 1. The Morgan fingerprint density at radius 2 is 2.41 bits per heavy atom. The maximum atomic E-state index is 10.4. The molecule has 0 aliphatic carbocycles. The number of hydrogen-bond acceptors (Lipinski definition) is 5. The van der Waals surface area contributed by atoms with Gasteiger partial charge in [-0.3, -0.25) is 10.1 Å². The molecule has 1 unspecified atom stereocenters. The van der Waals surface area contributed by atoms with Gasteiger partial charge in [0.05, 0.1) is 11.0 Å². The molecule has 1 aromatic heterocycles. The maximum Gasteiger partial charge on any atom is 0.263 e. The summed E-state index contributed by atoms with van der Waals surface area (Å²) in [7, 11) is 0. The average molecular weight is 274 g/mol. The summed E-state index contributed by atoms with van der Waals surface area (Å²) in [6.45, 7) is 1.90. The van der Waals surface area contributed by atoms with Gasteiger partial charge in [-0.25, -0.2) is 4.98 Å². The topological polar surface area (TPSA) is 68.1 Å². The minimum Gasteiger partial charge on any atom is -0.368 e. The van der Waals surface area contributed by atoms with Gasteiger partial charge < -0.3 is 5.32 Å². The molecule has 0 bridgehead atoms. The molecule has 5 nitrogen and oxygen atoms in total. The van der Waals surface area contributed by atoms with Crippen LogP contribution in [0.4, 0.5) is 0 Å². The predicted molar refractivity (Wildman–Crippen MR) is 69.4 cm³/mol. The molecular formula is C10H12ClN3O2S. The standard InChI is InChI=1S/C10H12ClN3O2S/c1-7(8-3-4-9(11)12-5-8)13-10(17-2)6-14(15)16/h3-7,13H,1-2H3/b10-6-. The minimum absolute atomic E-state index is 0.0709. The largest absolute Gasteiger partial charge is 0.368 e. The van der Waals surface area contributed by atoms with Crippen molar-refractivity contribution in [3.63, 3.8) is 0 Å². The van der Waals surface area contributed by atoms with E-state index in [0.717, 1.165) is 11.8 Å². The van der Waals surface area contributed by atoms with Gasteiger partial charge in [-0.15, -0.1) is 11.8 Å². The fraction of sp³-hybridized carbons (Fsp3) is 0.300. The number of halogens is 1. The molecule has 0 amide bonds. The van der Waals surface area contributed by atoms with E-state index in [9.17, 15) is 10.1 Å². The van der Waals surface area contributed by atoms with Crippen molar-refractivity contribution in [2.24, 2.45) is 0 Å². The van der Waals surface area contributed by atoms with Crippen LogP contribution in [-0.2, 0) is 0 Å². The second kappa shape index (κ2) is 6.46. The first kappa shape index (κ1) is 13.8. The van der Waals surface area contributed by atoms with Crippen LogP contribution in [-0.4, -0.2) is 16.2 Å². The molecule has 0 aliphatic rings. The van der Waals surface area contributed by atoms with Crippen LogP contribution >= 0.6 is 23.4 Å². The van der Waals surface area contributed by atoms with Crippen LogP contribution in [0.1, 0.15) is 18.5 Å². The van der Waals surface area contributed by atoms with E-state index in [4.69, 9.17) is 11.6 Å². The second-order valence-electron chi connectivity index (χ2n) is 3.26. The zero-order valence-electron chi connectivity index (χ0n) is 9.38. The summed E-state index contributed by atoms with van der Waals surface area (Å²) < 4.78 is 0. The van der Waals surface area contributed by atoms with E-state index in [-0.39, 0.29) is 6.04 Å². The lowest BCUT2D eigenvalue weighted by Crippen LogP contribution is -2.17. The fourth-order valence-corrected chi connectivity index (χ4v) is 1.78. The molecule has 0 spiro atoms. The number of pyridine rings is 1. The van der Waals surface area contributed by atoms with Crippen molar-refractivity contribution in [1.82, 2.24) is 10.3 Å². The molecule has 0 fully saturated rings. The lowest BCUT2D eigenvalue weighted by atomic mass is 10.1. The molecule has 1 aromatic rings. The molecule has 0 aliphatic heterocycles. The Kier molecular flexibility index (Phi) is 5.24. The highest BCUT2D eigenvalue weighted by atomic mass is 35.5. The summed E-state index contributed by atoms with van der Waals surface area (Å²) in [5.41, 5.74) is 0.915. The first-order chi connectivity index (χ1) is 8.02. The molecule has 0 radical (unpaired) electrons. The van der Waals surface area contributed by atoms with Gasteiger partial charge in [-0.2, -0.15) is 0 Å². The van der Waals surface area contributed by atoms with E-state index in [2.05, 4.69) is 10.3 Å². The van der Waals surface area contributed by atoms with Crippen LogP contribution in [0.5, 0.6) is 0 Å². The minimum atomic E-state index is -0.480. The van der Waals surface area contributed by atoms with Crippen LogP contribution in [0.15, 0.2) is 29.6 Å². The number of rotatable bonds is 5. The summed E-state index contributed by atoms with van der Waals surface area (Å²) >= 11 is 6.97. The Hall–Kier alpha value is -1.27. The van der Waals surface area contributed by atoms with Crippen LogP contribution in [0.2, 0.25) is 5.15 Å². The summed E-state index contributed by atoms with van der Waals surface area (Å²) in [5.74, 6) is 0. The average Bonchev–Trinajstić information content (AvgIpc) is 2.28. The van der Waals surface area contributed by atoms with Crippen molar-refractivity contribution in [3.8, 4) is 0 Å². The van der Waals surface area contributed by atoms with Gasteiger partial charge in [0.15, 0.2) is 0 Å². The SMILES string of the molecule is CS/C(=C\[N+](=O)[O-])NC(C)c1ccc(Cl)nc1. The third-order valence-electron chi connectivity index (χ3n) is 2.05. The highest BCUT2D eigenvalue weighted by Gasteiger charge is 2.09. The molecule has 0 aromatic carbocycles. The number of nitro groups is 1. The van der Waals surface area contributed by atoms with Gasteiger partial charge in [0.2, 0.25) is 0 Å². The van der Waals surface area contributed by atoms with Crippen LogP contribution in [0, 0.1) is 10.1 Å². The highest BCUT2D eigenvalue weighted by molar-refractivity contribution is 8.02. The molecular weight excluding hydrogens is 262 g/mol. The lowest BCUT2D eigenvalue weighted by Gasteiger charge is -2.15. The monoisotopic (exact) mass is 273 g/mol. The number of nitrogens with one attached hydrogen (secondary N) is 1. The third kappa shape index (κ3) is 4.62. The van der Waals surface area contributed by atoms with Gasteiger partial charge in [-0.1, -0.05) is 17.7 Å². The lowest BCUT2D eigenvalue weighted by molar-refractivity contribution is -0.403. The molecule has 92 valence electrons. The van der Waals surface area contributed by atoms with E-state index < -0.39 is 4.92 Å². The quantitative estimate of drug-likeness (QED) is 0.508. The van der Waals surface area contributed by atoms with Crippen molar-refractivity contribution in [3.05, 3.63) is 50.4 Å². The van der Waals surface area contributed by atoms with Crippen LogP contribution in [0.3, 0.4) is 0 Å². The van der Waals surface area contributed by atoms with E-state index >= 15 is 0 Å². The number of aromatic nitrogens is 1. The smallest absolute Gasteiger partial charge is 0.263 e. The normalized spacial score (nSPS) is 13.2. The summed E-state index contributed by atoms with van der Waals surface area (Å²) in [6, 6.07) is 3.45. The van der Waals surface area contributed by atoms with E-state index in [1.165, 1.54) is 11.8 Å². The van der Waals surface area contributed by atoms with E-state index in [1.54, 1.807) is 18.5 Å². The Morgan fingerprint density at radius 3 is 2.88 bits per heavy atom. The van der Waals surface area contributed by atoms with Gasteiger partial charge in [-0.05, 0) is 24.8 Å². The number of nitrogens with zero attached hydrogens (tertiary/aromatic N) is 2. The zero-order chi connectivity index (χ0) is 12.8. The molecule has 17 heavy (non-hydrogen) atoms. The Morgan fingerprint density at radius 1 is 1.71 bits per heavy atom. The van der Waals surface area contributed by atoms with Crippen molar-refractivity contribution in [2.45, 2.75) is 13.0 Å². The van der Waals surface area contributed by atoms with E-state index in [0.29, 0.717) is 10.2 Å². The second-order valence-corrected chi connectivity index (χ2v) is 4.50. The van der Waals surface area contributed by atoms with Crippen LogP contribution < -0.4 is 5.32 Å². The third-order valence-corrected chi connectivity index (χ3v) is 2.94. The predicted octanol–water partition coefficient (Wildman–Crippen LogP) is 2.82. The van der Waals surface area contributed by atoms with Crippen molar-refractivity contribution < 1.29 is 4.92 Å². The van der Waals surface area contributed by atoms with Gasteiger partial charge in [0.25, 0.3) is 6.20 Å². The molecule has 1 rings (SSSR count). The van der Waals surface area contributed by atoms with Crippen LogP contribution in [0.25, 0.3) is 0 Å². The summed E-state index contributed by atoms with van der Waals surface area (Å²) in [6.07, 6.45) is 4.36. The molecule has 1 atom stereocenters. The summed E-state index contributed by atoms with van der Waals surface area (Å²) in [4.78, 5) is 13.9. The van der Waals surface area contributed by atoms with Gasteiger partial charge in [0.1, 0.15) is 10.2 Å². The summed E-state index contributed by atoms with van der Waals surface area (Å²) in [5, 5.41) is 14.3. The Balaban J connectivity index is 2.74. The molecule has 1 heterocycles. The Labute approximate surface area is 108 Å². The molecule has 0 saturated carbocycles. The van der Waals surface area contributed by atoms with Crippen molar-refractivity contribution >= 4 is 23.4 Å². The first-order valence-electron chi connectivity index (χ1n) is 4.80. The molecule has 1 N–H and O–H groups in total. The van der Waals surface area contributed by atoms with Crippen molar-refractivity contribution in [1.29, 1.82) is 0 Å². The first-order valence-corrected chi connectivity index (χ1v) is 6.40. The molecule has 7 heteroatoms.